The minimum absolute atomic E-state index is 0.752. The number of fused-ring (bicyclic) bond motifs is 2. The topological polar surface area (TPSA) is 43.6 Å². The molecule has 6 heteroatoms. The first-order chi connectivity index (χ1) is 9.69. The Balaban J connectivity index is 1.95. The molecule has 4 nitrogen and oxygen atoms in total. The van der Waals surface area contributed by atoms with E-state index in [1.165, 1.54) is 11.3 Å². The molecular weight excluding hydrogens is 292 g/mol. The van der Waals surface area contributed by atoms with E-state index in [1.54, 1.807) is 10.9 Å². The molecule has 0 aliphatic rings. The largest absolute Gasteiger partial charge is 0.275 e. The van der Waals surface area contributed by atoms with Crippen molar-refractivity contribution in [1.29, 1.82) is 0 Å². The standard InChI is InChI=1S/C14H9ClN4S/c1-19-7-8-4-10-11(5-9(8)18-19)17-12(6-16-10)13-2-3-14(15)20-13/h2-7H,1H3. The van der Waals surface area contributed by atoms with Crippen molar-refractivity contribution in [3.05, 3.63) is 41.0 Å². The summed E-state index contributed by atoms with van der Waals surface area (Å²) in [6.45, 7) is 0. The van der Waals surface area contributed by atoms with Gasteiger partial charge in [-0.05, 0) is 24.3 Å². The number of benzene rings is 1. The zero-order valence-corrected chi connectivity index (χ0v) is 12.1. The van der Waals surface area contributed by atoms with Crippen LogP contribution in [0.15, 0.2) is 36.7 Å². The second-order valence-electron chi connectivity index (χ2n) is 4.56. The predicted octanol–water partition coefficient (Wildman–Crippen LogP) is 3.90. The highest BCUT2D eigenvalue weighted by molar-refractivity contribution is 7.19. The average Bonchev–Trinajstić information content (AvgIpc) is 3.00. The molecule has 0 radical (unpaired) electrons. The molecule has 3 aromatic heterocycles. The van der Waals surface area contributed by atoms with E-state index in [9.17, 15) is 0 Å². The molecule has 0 bridgehead atoms. The fraction of sp³-hybridized carbons (Fsp3) is 0.0714. The van der Waals surface area contributed by atoms with Gasteiger partial charge in [0.1, 0.15) is 0 Å². The summed E-state index contributed by atoms with van der Waals surface area (Å²) in [7, 11) is 1.91. The van der Waals surface area contributed by atoms with E-state index < -0.39 is 0 Å². The van der Waals surface area contributed by atoms with Gasteiger partial charge < -0.3 is 0 Å². The lowest BCUT2D eigenvalue weighted by Crippen LogP contribution is -1.87. The van der Waals surface area contributed by atoms with E-state index in [-0.39, 0.29) is 0 Å². The molecule has 0 aliphatic carbocycles. The van der Waals surface area contributed by atoms with Crippen molar-refractivity contribution in [2.24, 2.45) is 7.05 Å². The lowest BCUT2D eigenvalue weighted by molar-refractivity contribution is 0.780. The van der Waals surface area contributed by atoms with Crippen LogP contribution in [0.25, 0.3) is 32.5 Å². The van der Waals surface area contributed by atoms with Gasteiger partial charge in [0.2, 0.25) is 0 Å². The quantitative estimate of drug-likeness (QED) is 0.535. The smallest absolute Gasteiger partial charge is 0.0993 e. The molecule has 0 spiro atoms. The highest BCUT2D eigenvalue weighted by Crippen LogP contribution is 2.30. The molecule has 0 fully saturated rings. The van der Waals surface area contributed by atoms with Crippen molar-refractivity contribution in [1.82, 2.24) is 19.7 Å². The van der Waals surface area contributed by atoms with Gasteiger partial charge in [0.15, 0.2) is 0 Å². The number of aryl methyl sites for hydroxylation is 1. The molecule has 0 saturated carbocycles. The maximum absolute atomic E-state index is 5.97. The first kappa shape index (κ1) is 11.8. The number of halogens is 1. The van der Waals surface area contributed by atoms with Gasteiger partial charge in [-0.25, -0.2) is 4.98 Å². The van der Waals surface area contributed by atoms with Crippen LogP contribution in [-0.2, 0) is 7.05 Å². The van der Waals surface area contributed by atoms with Gasteiger partial charge in [-0.15, -0.1) is 11.3 Å². The van der Waals surface area contributed by atoms with Gasteiger partial charge in [-0.3, -0.25) is 9.67 Å². The van der Waals surface area contributed by atoms with Gasteiger partial charge in [-0.1, -0.05) is 11.6 Å². The van der Waals surface area contributed by atoms with Gasteiger partial charge >= 0.3 is 0 Å². The molecule has 4 aromatic rings. The fourth-order valence-corrected chi connectivity index (χ4v) is 3.22. The normalized spacial score (nSPS) is 11.5. The molecule has 4 rings (SSSR count). The molecule has 0 saturated heterocycles. The van der Waals surface area contributed by atoms with Crippen LogP contribution >= 0.6 is 22.9 Å². The van der Waals surface area contributed by atoms with Crippen LogP contribution in [-0.4, -0.2) is 19.7 Å². The Morgan fingerprint density at radius 1 is 1.15 bits per heavy atom. The Morgan fingerprint density at radius 2 is 2.05 bits per heavy atom. The van der Waals surface area contributed by atoms with Crippen LogP contribution in [0.2, 0.25) is 4.34 Å². The summed E-state index contributed by atoms with van der Waals surface area (Å²) in [5, 5.41) is 5.47. The summed E-state index contributed by atoms with van der Waals surface area (Å²) in [4.78, 5) is 10.2. The number of hydrogen-bond donors (Lipinski definition) is 0. The number of aromatic nitrogens is 4. The highest BCUT2D eigenvalue weighted by Gasteiger charge is 2.08. The van der Waals surface area contributed by atoms with Gasteiger partial charge in [0.05, 0.1) is 37.7 Å². The number of hydrogen-bond acceptors (Lipinski definition) is 4. The monoisotopic (exact) mass is 300 g/mol. The SMILES string of the molecule is Cn1cc2cc3ncc(-c4ccc(Cl)s4)nc3cc2n1. The van der Waals surface area contributed by atoms with E-state index in [0.29, 0.717) is 0 Å². The van der Waals surface area contributed by atoms with Crippen LogP contribution in [0.5, 0.6) is 0 Å². The maximum atomic E-state index is 5.97. The van der Waals surface area contributed by atoms with Crippen molar-refractivity contribution < 1.29 is 0 Å². The maximum Gasteiger partial charge on any atom is 0.0993 e. The highest BCUT2D eigenvalue weighted by atomic mass is 35.5. The summed E-state index contributed by atoms with van der Waals surface area (Å²) in [5.74, 6) is 0. The number of nitrogens with zero attached hydrogens (tertiary/aromatic N) is 4. The fourth-order valence-electron chi connectivity index (χ4n) is 2.22. The van der Waals surface area contributed by atoms with Crippen LogP contribution < -0.4 is 0 Å². The van der Waals surface area contributed by atoms with Crippen molar-refractivity contribution >= 4 is 44.9 Å². The van der Waals surface area contributed by atoms with Crippen LogP contribution in [0, 0.1) is 0 Å². The van der Waals surface area contributed by atoms with Gasteiger partial charge in [0, 0.05) is 18.6 Å². The third kappa shape index (κ3) is 1.87. The van der Waals surface area contributed by atoms with Crippen molar-refractivity contribution in [3.63, 3.8) is 0 Å². The first-order valence-electron chi connectivity index (χ1n) is 6.05. The number of thiophene rings is 1. The molecule has 1 aromatic carbocycles. The molecule has 98 valence electrons. The predicted molar refractivity (Wildman–Crippen MR) is 82.1 cm³/mol. The average molecular weight is 301 g/mol. The van der Waals surface area contributed by atoms with Gasteiger partial charge in [-0.2, -0.15) is 5.10 Å². The van der Waals surface area contributed by atoms with Crippen molar-refractivity contribution in [3.8, 4) is 10.6 Å². The summed E-state index contributed by atoms with van der Waals surface area (Å²) in [6, 6.07) is 7.81. The molecule has 0 N–H and O–H groups in total. The van der Waals surface area contributed by atoms with Crippen molar-refractivity contribution in [2.75, 3.05) is 0 Å². The molecule has 20 heavy (non-hydrogen) atoms. The zero-order chi connectivity index (χ0) is 13.7. The van der Waals surface area contributed by atoms with Crippen LogP contribution in [0.1, 0.15) is 0 Å². The van der Waals surface area contributed by atoms with E-state index in [0.717, 1.165) is 36.8 Å². The van der Waals surface area contributed by atoms with E-state index in [4.69, 9.17) is 11.6 Å². The third-order valence-corrected chi connectivity index (χ3v) is 4.36. The van der Waals surface area contributed by atoms with Crippen LogP contribution in [0.3, 0.4) is 0 Å². The van der Waals surface area contributed by atoms with E-state index in [2.05, 4.69) is 15.1 Å². The molecule has 3 heterocycles. The molecule has 0 aliphatic heterocycles. The summed E-state index contributed by atoms with van der Waals surface area (Å²) in [5.41, 5.74) is 3.48. The minimum atomic E-state index is 0.752. The number of rotatable bonds is 1. The van der Waals surface area contributed by atoms with Crippen LogP contribution in [0.4, 0.5) is 0 Å². The summed E-state index contributed by atoms with van der Waals surface area (Å²) < 4.78 is 2.55. The Morgan fingerprint density at radius 3 is 2.85 bits per heavy atom. The molecule has 0 atom stereocenters. The zero-order valence-electron chi connectivity index (χ0n) is 10.5. The Bertz CT molecular complexity index is 941. The second kappa shape index (κ2) is 4.26. The Hall–Kier alpha value is -1.98. The molecule has 0 amide bonds. The Labute approximate surface area is 123 Å². The van der Waals surface area contributed by atoms with E-state index >= 15 is 0 Å². The molecule has 0 unspecified atom stereocenters. The summed E-state index contributed by atoms with van der Waals surface area (Å²) in [6.07, 6.45) is 3.76. The van der Waals surface area contributed by atoms with E-state index in [1.807, 2.05) is 37.5 Å². The first-order valence-corrected chi connectivity index (χ1v) is 7.24. The van der Waals surface area contributed by atoms with Gasteiger partial charge in [0.25, 0.3) is 0 Å². The Kier molecular flexibility index (Phi) is 2.52. The molecular formula is C14H9ClN4S. The third-order valence-electron chi connectivity index (χ3n) is 3.11. The minimum Gasteiger partial charge on any atom is -0.275 e. The second-order valence-corrected chi connectivity index (χ2v) is 6.28. The van der Waals surface area contributed by atoms with Crippen molar-refractivity contribution in [2.45, 2.75) is 0 Å². The summed E-state index contributed by atoms with van der Waals surface area (Å²) >= 11 is 7.47. The lowest BCUT2D eigenvalue weighted by atomic mass is 10.2. The lowest BCUT2D eigenvalue weighted by Gasteiger charge is -2.00.